The van der Waals surface area contributed by atoms with E-state index in [1.54, 1.807) is 0 Å². The maximum atomic E-state index is 12.4. The Morgan fingerprint density at radius 1 is 1.14 bits per heavy atom. The quantitative estimate of drug-likeness (QED) is 0.872. The lowest BCUT2D eigenvalue weighted by Crippen LogP contribution is -2.52. The van der Waals surface area contributed by atoms with Gasteiger partial charge in [0.05, 0.1) is 0 Å². The van der Waals surface area contributed by atoms with E-state index in [0.717, 1.165) is 25.7 Å². The van der Waals surface area contributed by atoms with Gasteiger partial charge in [-0.05, 0) is 44.7 Å². The summed E-state index contributed by atoms with van der Waals surface area (Å²) in [4.78, 5) is 12.4. The molecule has 0 bridgehead atoms. The van der Waals surface area contributed by atoms with E-state index in [4.69, 9.17) is 15.2 Å². The Hall–Kier alpha value is -1.46. The fraction of sp³-hybridized carbons (Fsp3) is 0.562. The number of rotatable bonds is 2. The van der Waals surface area contributed by atoms with Crippen LogP contribution in [0.5, 0.6) is 11.5 Å². The van der Waals surface area contributed by atoms with Crippen molar-refractivity contribution in [2.24, 2.45) is 5.73 Å². The molecule has 22 heavy (non-hydrogen) atoms. The number of amides is 1. The third-order valence-corrected chi connectivity index (χ3v) is 4.22. The number of nitrogens with two attached hydrogens (primary N) is 1. The highest BCUT2D eigenvalue weighted by Crippen LogP contribution is 2.33. The minimum absolute atomic E-state index is 0. The van der Waals surface area contributed by atoms with Crippen molar-refractivity contribution < 1.29 is 14.3 Å². The van der Waals surface area contributed by atoms with E-state index in [1.807, 2.05) is 31.2 Å². The van der Waals surface area contributed by atoms with Gasteiger partial charge in [-0.2, -0.15) is 0 Å². The van der Waals surface area contributed by atoms with Crippen LogP contribution in [0, 0.1) is 0 Å². The van der Waals surface area contributed by atoms with Gasteiger partial charge >= 0.3 is 0 Å². The standard InChI is InChI=1S/C16H22N2O3.ClH/c1-10-15(21-14-5-3-2-4-13(14)20-10)16(19)18-12-8-6-11(17)7-9-12;/h2-5,10-12,15H,6-9,17H2,1H3,(H,18,19);1H. The van der Waals surface area contributed by atoms with Gasteiger partial charge in [0.1, 0.15) is 6.10 Å². The normalized spacial score (nSPS) is 30.1. The van der Waals surface area contributed by atoms with E-state index >= 15 is 0 Å². The van der Waals surface area contributed by atoms with Crippen LogP contribution in [0.4, 0.5) is 0 Å². The Labute approximate surface area is 137 Å². The van der Waals surface area contributed by atoms with E-state index in [1.165, 1.54) is 0 Å². The number of nitrogens with one attached hydrogen (secondary N) is 1. The highest BCUT2D eigenvalue weighted by Gasteiger charge is 2.35. The van der Waals surface area contributed by atoms with Gasteiger partial charge in [-0.25, -0.2) is 0 Å². The zero-order valence-corrected chi connectivity index (χ0v) is 13.5. The molecule has 1 amide bonds. The van der Waals surface area contributed by atoms with Gasteiger partial charge in [-0.15, -0.1) is 12.4 Å². The monoisotopic (exact) mass is 326 g/mol. The predicted octanol–water partition coefficient (Wildman–Crippen LogP) is 2.02. The summed E-state index contributed by atoms with van der Waals surface area (Å²) in [6, 6.07) is 7.91. The highest BCUT2D eigenvalue weighted by molar-refractivity contribution is 5.85. The first kappa shape index (κ1) is 16.9. The summed E-state index contributed by atoms with van der Waals surface area (Å²) in [5, 5.41) is 3.07. The Morgan fingerprint density at radius 2 is 1.73 bits per heavy atom. The number of benzene rings is 1. The maximum absolute atomic E-state index is 12.4. The first-order chi connectivity index (χ1) is 10.1. The predicted molar refractivity (Wildman–Crippen MR) is 86.6 cm³/mol. The number of hydrogen-bond donors (Lipinski definition) is 2. The second-order valence-electron chi connectivity index (χ2n) is 5.93. The van der Waals surface area contributed by atoms with E-state index in [9.17, 15) is 4.79 Å². The topological polar surface area (TPSA) is 73.6 Å². The van der Waals surface area contributed by atoms with Crippen molar-refractivity contribution >= 4 is 18.3 Å². The van der Waals surface area contributed by atoms with E-state index in [2.05, 4.69) is 5.32 Å². The van der Waals surface area contributed by atoms with Gasteiger partial charge in [-0.1, -0.05) is 12.1 Å². The largest absolute Gasteiger partial charge is 0.482 e. The minimum atomic E-state index is -0.601. The van der Waals surface area contributed by atoms with Gasteiger partial charge in [-0.3, -0.25) is 4.79 Å². The molecule has 3 N–H and O–H groups in total. The summed E-state index contributed by atoms with van der Waals surface area (Å²) in [5.41, 5.74) is 5.89. The Kier molecular flexibility index (Phi) is 5.53. The van der Waals surface area contributed by atoms with Crippen LogP contribution in [0.15, 0.2) is 24.3 Å². The van der Waals surface area contributed by atoms with Crippen molar-refractivity contribution in [2.75, 3.05) is 0 Å². The van der Waals surface area contributed by atoms with E-state index in [-0.39, 0.29) is 36.5 Å². The molecule has 1 heterocycles. The molecular formula is C16H23ClN2O3. The molecule has 1 fully saturated rings. The summed E-state index contributed by atoms with van der Waals surface area (Å²) >= 11 is 0. The van der Waals surface area contributed by atoms with Gasteiger partial charge < -0.3 is 20.5 Å². The molecule has 1 aromatic carbocycles. The van der Waals surface area contributed by atoms with Crippen LogP contribution in [0.1, 0.15) is 32.6 Å². The van der Waals surface area contributed by atoms with Crippen LogP contribution in [0.25, 0.3) is 0 Å². The Morgan fingerprint density at radius 3 is 2.36 bits per heavy atom. The summed E-state index contributed by atoms with van der Waals surface area (Å²) in [7, 11) is 0. The maximum Gasteiger partial charge on any atom is 0.265 e. The van der Waals surface area contributed by atoms with Crippen LogP contribution >= 0.6 is 12.4 Å². The molecule has 1 aliphatic carbocycles. The molecule has 6 heteroatoms. The number of carbonyl (C=O) groups is 1. The first-order valence-corrected chi connectivity index (χ1v) is 7.62. The second-order valence-corrected chi connectivity index (χ2v) is 5.93. The van der Waals surface area contributed by atoms with Crippen LogP contribution in [-0.2, 0) is 4.79 Å². The minimum Gasteiger partial charge on any atom is -0.482 e. The third-order valence-electron chi connectivity index (χ3n) is 4.22. The van der Waals surface area contributed by atoms with Gasteiger partial charge in [0.2, 0.25) is 6.10 Å². The molecule has 122 valence electrons. The van der Waals surface area contributed by atoms with Gasteiger partial charge in [0.25, 0.3) is 5.91 Å². The summed E-state index contributed by atoms with van der Waals surface area (Å²) < 4.78 is 11.6. The highest BCUT2D eigenvalue weighted by atomic mass is 35.5. The van der Waals surface area contributed by atoms with Crippen LogP contribution in [0.2, 0.25) is 0 Å². The average Bonchev–Trinajstić information content (AvgIpc) is 2.49. The number of hydrogen-bond acceptors (Lipinski definition) is 4. The number of para-hydroxylation sites is 2. The third kappa shape index (κ3) is 3.65. The molecule has 1 aliphatic heterocycles. The summed E-state index contributed by atoms with van der Waals surface area (Å²) in [6.45, 7) is 1.86. The molecule has 1 aromatic rings. The molecule has 0 spiro atoms. The van der Waals surface area contributed by atoms with Gasteiger partial charge in [0.15, 0.2) is 11.5 Å². The molecular weight excluding hydrogens is 304 g/mol. The molecule has 1 saturated carbocycles. The SMILES string of the molecule is CC1Oc2ccccc2OC1C(=O)NC1CCC(N)CC1.Cl. The van der Waals surface area contributed by atoms with Crippen molar-refractivity contribution in [3.63, 3.8) is 0 Å². The molecule has 2 unspecified atom stereocenters. The second kappa shape index (κ2) is 7.20. The Bertz CT molecular complexity index is 518. The van der Waals surface area contributed by atoms with Crippen molar-refractivity contribution in [3.8, 4) is 11.5 Å². The van der Waals surface area contributed by atoms with Crippen LogP contribution in [0.3, 0.4) is 0 Å². The lowest BCUT2D eigenvalue weighted by atomic mass is 9.91. The number of fused-ring (bicyclic) bond motifs is 1. The summed E-state index contributed by atoms with van der Waals surface area (Å²) in [5.74, 6) is 1.22. The lowest BCUT2D eigenvalue weighted by Gasteiger charge is -2.33. The first-order valence-electron chi connectivity index (χ1n) is 7.62. The van der Waals surface area contributed by atoms with Crippen LogP contribution in [-0.4, -0.2) is 30.2 Å². The summed E-state index contributed by atoms with van der Waals surface area (Å²) in [6.07, 6.45) is 2.90. The number of ether oxygens (including phenoxy) is 2. The van der Waals surface area contributed by atoms with Crippen molar-refractivity contribution in [1.82, 2.24) is 5.32 Å². The smallest absolute Gasteiger partial charge is 0.265 e. The molecule has 2 atom stereocenters. The molecule has 0 radical (unpaired) electrons. The van der Waals surface area contributed by atoms with Crippen molar-refractivity contribution in [3.05, 3.63) is 24.3 Å². The molecule has 5 nitrogen and oxygen atoms in total. The number of halogens is 1. The van der Waals surface area contributed by atoms with Gasteiger partial charge in [0, 0.05) is 12.1 Å². The fourth-order valence-corrected chi connectivity index (χ4v) is 2.95. The molecule has 3 rings (SSSR count). The van der Waals surface area contributed by atoms with Crippen LogP contribution < -0.4 is 20.5 Å². The average molecular weight is 327 g/mol. The van der Waals surface area contributed by atoms with Crippen molar-refractivity contribution in [2.45, 2.75) is 56.9 Å². The Balaban J connectivity index is 0.00000176. The fourth-order valence-electron chi connectivity index (χ4n) is 2.95. The molecule has 2 aliphatic rings. The zero-order valence-electron chi connectivity index (χ0n) is 12.7. The lowest BCUT2D eigenvalue weighted by molar-refractivity contribution is -0.134. The van der Waals surface area contributed by atoms with E-state index < -0.39 is 6.10 Å². The molecule has 0 aromatic heterocycles. The molecule has 0 saturated heterocycles. The van der Waals surface area contributed by atoms with E-state index in [0.29, 0.717) is 11.5 Å². The van der Waals surface area contributed by atoms with Crippen molar-refractivity contribution in [1.29, 1.82) is 0 Å². The zero-order chi connectivity index (χ0) is 14.8. The number of carbonyl (C=O) groups excluding carboxylic acids is 1.